The molecule has 4 nitrogen and oxygen atoms in total. The average molecular weight is 412 g/mol. The van der Waals surface area contributed by atoms with E-state index in [0.29, 0.717) is 11.4 Å². The summed E-state index contributed by atoms with van der Waals surface area (Å²) >= 11 is 7.55. The van der Waals surface area contributed by atoms with Crippen molar-refractivity contribution >= 4 is 39.1 Å². The minimum atomic E-state index is -3.21. The first-order chi connectivity index (χ1) is 12.3. The van der Waals surface area contributed by atoms with Gasteiger partial charge in [-0.25, -0.2) is 8.42 Å². The van der Waals surface area contributed by atoms with Crippen molar-refractivity contribution < 1.29 is 13.2 Å². The Morgan fingerprint density at radius 3 is 2.31 bits per heavy atom. The highest BCUT2D eigenvalue weighted by Crippen LogP contribution is 2.21. The predicted octanol–water partition coefficient (Wildman–Crippen LogP) is 4.49. The summed E-state index contributed by atoms with van der Waals surface area (Å²) in [6.07, 6.45) is 2.40. The molecule has 26 heavy (non-hydrogen) atoms. The van der Waals surface area contributed by atoms with Crippen LogP contribution in [0.3, 0.4) is 0 Å². The van der Waals surface area contributed by atoms with Crippen molar-refractivity contribution in [1.29, 1.82) is 0 Å². The van der Waals surface area contributed by atoms with E-state index in [-0.39, 0.29) is 16.8 Å². The van der Waals surface area contributed by atoms with Crippen molar-refractivity contribution in [3.63, 3.8) is 0 Å². The van der Waals surface area contributed by atoms with Gasteiger partial charge in [0.2, 0.25) is 5.91 Å². The van der Waals surface area contributed by atoms with Gasteiger partial charge in [0, 0.05) is 22.6 Å². The zero-order valence-electron chi connectivity index (χ0n) is 14.7. The van der Waals surface area contributed by atoms with Gasteiger partial charge in [-0.15, -0.1) is 11.8 Å². The van der Waals surface area contributed by atoms with Crippen molar-refractivity contribution in [3.05, 3.63) is 59.1 Å². The summed E-state index contributed by atoms with van der Waals surface area (Å²) < 4.78 is 23.0. The number of hydrogen-bond acceptors (Lipinski definition) is 4. The van der Waals surface area contributed by atoms with Gasteiger partial charge in [0.05, 0.1) is 10.9 Å². The van der Waals surface area contributed by atoms with E-state index >= 15 is 0 Å². The molecule has 0 saturated heterocycles. The molecule has 0 radical (unpaired) electrons. The number of thioether (sulfide) groups is 1. The second kappa shape index (κ2) is 9.44. The van der Waals surface area contributed by atoms with Crippen LogP contribution < -0.4 is 5.32 Å². The molecule has 0 aliphatic carbocycles. The molecular formula is C19H22ClNO3S2. The third kappa shape index (κ3) is 6.67. The van der Waals surface area contributed by atoms with E-state index in [0.717, 1.165) is 22.6 Å². The van der Waals surface area contributed by atoms with E-state index in [1.807, 2.05) is 31.2 Å². The second-order valence-electron chi connectivity index (χ2n) is 6.04. The van der Waals surface area contributed by atoms with Crippen LogP contribution in [-0.4, -0.2) is 26.3 Å². The van der Waals surface area contributed by atoms with Crippen LogP contribution in [0.4, 0.5) is 0 Å². The fourth-order valence-corrected chi connectivity index (χ4v) is 3.96. The van der Waals surface area contributed by atoms with Gasteiger partial charge in [0.25, 0.3) is 0 Å². The maximum Gasteiger partial charge on any atom is 0.220 e. The topological polar surface area (TPSA) is 63.2 Å². The Kier molecular flexibility index (Phi) is 7.55. The molecule has 0 saturated carbocycles. The Balaban J connectivity index is 1.75. The molecule has 0 aliphatic heterocycles. The molecule has 1 amide bonds. The van der Waals surface area contributed by atoms with Gasteiger partial charge in [-0.1, -0.05) is 23.7 Å². The van der Waals surface area contributed by atoms with Gasteiger partial charge >= 0.3 is 0 Å². The summed E-state index contributed by atoms with van der Waals surface area (Å²) in [6.45, 7) is 1.88. The van der Waals surface area contributed by atoms with Gasteiger partial charge in [0.1, 0.15) is 0 Å². The summed E-state index contributed by atoms with van der Waals surface area (Å²) in [5.41, 5.74) is 0.876. The van der Waals surface area contributed by atoms with Crippen molar-refractivity contribution in [2.75, 3.05) is 12.0 Å². The highest BCUT2D eigenvalue weighted by Gasteiger charge is 2.11. The van der Waals surface area contributed by atoms with Crippen LogP contribution in [0.5, 0.6) is 0 Å². The molecule has 2 aromatic carbocycles. The third-order valence-corrected chi connectivity index (χ3v) is 6.30. The lowest BCUT2D eigenvalue weighted by Crippen LogP contribution is -2.26. The minimum absolute atomic E-state index is 0.0126. The molecule has 0 bridgehead atoms. The molecule has 0 unspecified atom stereocenters. The molecule has 0 aromatic heterocycles. The summed E-state index contributed by atoms with van der Waals surface area (Å²) in [7, 11) is -3.21. The second-order valence-corrected chi connectivity index (χ2v) is 9.66. The van der Waals surface area contributed by atoms with E-state index in [9.17, 15) is 13.2 Å². The SMILES string of the molecule is C[C@@H](NC(=O)CCCSc1ccc(Cl)cc1)c1ccc(S(C)(=O)=O)cc1. The van der Waals surface area contributed by atoms with Crippen LogP contribution in [0.15, 0.2) is 58.3 Å². The molecule has 2 aromatic rings. The van der Waals surface area contributed by atoms with Gasteiger partial charge < -0.3 is 5.32 Å². The molecule has 0 spiro atoms. The Morgan fingerprint density at radius 1 is 1.12 bits per heavy atom. The van der Waals surface area contributed by atoms with Crippen molar-refractivity contribution in [2.45, 2.75) is 35.6 Å². The van der Waals surface area contributed by atoms with Gasteiger partial charge in [0.15, 0.2) is 9.84 Å². The molecule has 2 rings (SSSR count). The Labute approximate surface area is 164 Å². The fourth-order valence-electron chi connectivity index (χ4n) is 2.35. The summed E-state index contributed by atoms with van der Waals surface area (Å²) in [4.78, 5) is 13.5. The number of carbonyl (C=O) groups is 1. The number of nitrogens with one attached hydrogen (secondary N) is 1. The molecule has 1 atom stereocenters. The Morgan fingerprint density at radius 2 is 1.73 bits per heavy atom. The van der Waals surface area contributed by atoms with Crippen LogP contribution in [-0.2, 0) is 14.6 Å². The van der Waals surface area contributed by atoms with Crippen molar-refractivity contribution in [2.24, 2.45) is 0 Å². The van der Waals surface area contributed by atoms with E-state index in [1.54, 1.807) is 36.0 Å². The number of halogens is 1. The minimum Gasteiger partial charge on any atom is -0.350 e. The van der Waals surface area contributed by atoms with Gasteiger partial charge in [-0.3, -0.25) is 4.79 Å². The number of benzene rings is 2. The molecule has 7 heteroatoms. The molecule has 1 N–H and O–H groups in total. The Hall–Kier alpha value is -1.50. The summed E-state index contributed by atoms with van der Waals surface area (Å²) in [5, 5.41) is 3.66. The number of hydrogen-bond donors (Lipinski definition) is 1. The zero-order valence-corrected chi connectivity index (χ0v) is 17.1. The summed E-state index contributed by atoms with van der Waals surface area (Å²) in [5.74, 6) is 0.841. The van der Waals surface area contributed by atoms with Crippen LogP contribution in [0.25, 0.3) is 0 Å². The summed E-state index contributed by atoms with van der Waals surface area (Å²) in [6, 6.07) is 14.1. The smallest absolute Gasteiger partial charge is 0.220 e. The lowest BCUT2D eigenvalue weighted by molar-refractivity contribution is -0.121. The lowest BCUT2D eigenvalue weighted by Gasteiger charge is -2.14. The van der Waals surface area contributed by atoms with E-state index in [2.05, 4.69) is 5.32 Å². The normalized spacial score (nSPS) is 12.6. The van der Waals surface area contributed by atoms with E-state index in [4.69, 9.17) is 11.6 Å². The predicted molar refractivity (Wildman–Crippen MR) is 108 cm³/mol. The standard InChI is InChI=1S/C19H22ClNO3S2/c1-14(15-5-11-18(12-6-15)26(2,23)24)21-19(22)4-3-13-25-17-9-7-16(20)8-10-17/h5-12,14H,3-4,13H2,1-2H3,(H,21,22)/t14-/m1/s1. The number of rotatable bonds is 8. The van der Waals surface area contributed by atoms with Crippen molar-refractivity contribution in [1.82, 2.24) is 5.32 Å². The molecule has 0 fully saturated rings. The largest absolute Gasteiger partial charge is 0.350 e. The number of carbonyl (C=O) groups excluding carboxylic acids is 1. The van der Waals surface area contributed by atoms with Crippen LogP contribution in [0, 0.1) is 0 Å². The Bertz CT molecular complexity index is 834. The highest BCUT2D eigenvalue weighted by molar-refractivity contribution is 7.99. The van der Waals surface area contributed by atoms with Crippen LogP contribution in [0.2, 0.25) is 5.02 Å². The highest BCUT2D eigenvalue weighted by atomic mass is 35.5. The first-order valence-electron chi connectivity index (χ1n) is 8.23. The molecule has 0 heterocycles. The fraction of sp³-hybridized carbons (Fsp3) is 0.316. The number of sulfone groups is 1. The molecular weight excluding hydrogens is 390 g/mol. The molecule has 0 aliphatic rings. The van der Waals surface area contributed by atoms with Gasteiger partial charge in [-0.2, -0.15) is 0 Å². The maximum absolute atomic E-state index is 12.1. The monoisotopic (exact) mass is 411 g/mol. The first-order valence-corrected chi connectivity index (χ1v) is 11.5. The average Bonchev–Trinajstić information content (AvgIpc) is 2.59. The van der Waals surface area contributed by atoms with Crippen LogP contribution >= 0.6 is 23.4 Å². The van der Waals surface area contributed by atoms with Crippen LogP contribution in [0.1, 0.15) is 31.4 Å². The third-order valence-electron chi connectivity index (χ3n) is 3.82. The quantitative estimate of drug-likeness (QED) is 0.513. The number of amides is 1. The lowest BCUT2D eigenvalue weighted by atomic mass is 10.1. The first kappa shape index (κ1) is 20.8. The zero-order chi connectivity index (χ0) is 19.2. The molecule has 140 valence electrons. The van der Waals surface area contributed by atoms with Gasteiger partial charge in [-0.05, 0) is 61.1 Å². The maximum atomic E-state index is 12.1. The van der Waals surface area contributed by atoms with E-state index in [1.165, 1.54) is 6.26 Å². The van der Waals surface area contributed by atoms with E-state index < -0.39 is 9.84 Å². The van der Waals surface area contributed by atoms with Crippen molar-refractivity contribution in [3.8, 4) is 0 Å².